The molecular formula is C35H43N3O10S. The van der Waals surface area contributed by atoms with Gasteiger partial charge in [-0.05, 0) is 47.2 Å². The molecule has 0 spiro atoms. The summed E-state index contributed by atoms with van der Waals surface area (Å²) in [6.07, 6.45) is 0.848. The summed E-state index contributed by atoms with van der Waals surface area (Å²) in [5.41, 5.74) is 1.32. The van der Waals surface area contributed by atoms with Crippen LogP contribution < -0.4 is 19.5 Å². The Kier molecular flexibility index (Phi) is 14.6. The molecule has 3 rings (SSSR count). The van der Waals surface area contributed by atoms with Crippen molar-refractivity contribution < 1.29 is 47.3 Å². The van der Waals surface area contributed by atoms with Gasteiger partial charge in [-0.2, -0.15) is 4.21 Å². The van der Waals surface area contributed by atoms with E-state index in [2.05, 4.69) is 15.4 Å². The molecule has 5 N–H and O–H groups in total. The molecule has 14 heteroatoms. The van der Waals surface area contributed by atoms with Gasteiger partial charge in [0.05, 0.1) is 11.4 Å². The fraction of sp³-hybridized carbons (Fsp3) is 0.343. The molecule has 1 atom stereocenters. The number of rotatable bonds is 12. The van der Waals surface area contributed by atoms with Crippen LogP contribution in [0.2, 0.25) is 0 Å². The standard InChI is InChI=1S/C21H24N2O6S.C14H19NO4/c1-21(2,3)16-11-14(13-24)12-17(20(16)27)22-18(25)9-10-19(26)23-30(28)29-15-7-5-4-6-8-15;1-14(2,3)10-5-9(7-16)6-11(13(10)18)15-12(17)8-19-4/h4-8,11-13,27H,9-10H2,1-3H3,(H,22,25)(H,23,26);5-7,18H,8H2,1-4H3,(H,15,17). The van der Waals surface area contributed by atoms with Gasteiger partial charge in [0.1, 0.15) is 36.4 Å². The number of ether oxygens (including phenoxy) is 1. The molecule has 3 amide bonds. The lowest BCUT2D eigenvalue weighted by Gasteiger charge is -2.22. The molecule has 0 aliphatic heterocycles. The molecule has 0 bridgehead atoms. The molecular weight excluding hydrogens is 654 g/mol. The fourth-order valence-corrected chi connectivity index (χ4v) is 4.88. The fourth-order valence-electron chi connectivity index (χ4n) is 4.27. The third kappa shape index (κ3) is 12.8. The number of amides is 3. The number of carbonyl (C=O) groups is 5. The number of benzene rings is 3. The lowest BCUT2D eigenvalue weighted by molar-refractivity contribution is -0.123. The minimum Gasteiger partial charge on any atom is -0.505 e. The number of methoxy groups -OCH3 is 1. The topological polar surface area (TPSA) is 197 Å². The summed E-state index contributed by atoms with van der Waals surface area (Å²) in [6.45, 7) is 11.2. The first-order chi connectivity index (χ1) is 22.9. The molecule has 1 unspecified atom stereocenters. The first-order valence-electron chi connectivity index (χ1n) is 15.1. The van der Waals surface area contributed by atoms with Crippen LogP contribution in [0.4, 0.5) is 11.4 Å². The second-order valence-electron chi connectivity index (χ2n) is 12.9. The van der Waals surface area contributed by atoms with E-state index in [9.17, 15) is 38.4 Å². The first-order valence-corrected chi connectivity index (χ1v) is 16.2. The number of hydrogen-bond donors (Lipinski definition) is 5. The van der Waals surface area contributed by atoms with Gasteiger partial charge in [0, 0.05) is 42.2 Å². The predicted molar refractivity (Wildman–Crippen MR) is 186 cm³/mol. The quantitative estimate of drug-likeness (QED) is 0.126. The lowest BCUT2D eigenvalue weighted by atomic mass is 9.85. The van der Waals surface area contributed by atoms with Gasteiger partial charge in [-0.25, -0.2) is 4.72 Å². The highest BCUT2D eigenvalue weighted by Gasteiger charge is 2.23. The normalized spacial score (nSPS) is 11.7. The minimum absolute atomic E-state index is 0.0254. The molecule has 0 radical (unpaired) electrons. The van der Waals surface area contributed by atoms with Gasteiger partial charge in [-0.1, -0.05) is 59.7 Å². The van der Waals surface area contributed by atoms with Gasteiger partial charge in [0.15, 0.2) is 0 Å². The maximum Gasteiger partial charge on any atom is 0.318 e. The minimum atomic E-state index is -2.08. The number of carbonyl (C=O) groups excluding carboxylic acids is 5. The van der Waals surface area contributed by atoms with Crippen LogP contribution in [0.5, 0.6) is 17.2 Å². The number of aromatic hydroxyl groups is 2. The van der Waals surface area contributed by atoms with Gasteiger partial charge < -0.3 is 29.8 Å². The Morgan fingerprint density at radius 3 is 1.61 bits per heavy atom. The molecule has 3 aromatic rings. The lowest BCUT2D eigenvalue weighted by Crippen LogP contribution is -2.29. The number of aldehydes is 2. The third-order valence-corrected chi connectivity index (χ3v) is 7.41. The van der Waals surface area contributed by atoms with Gasteiger partial charge in [0.2, 0.25) is 17.7 Å². The van der Waals surface area contributed by atoms with Crippen LogP contribution in [0.1, 0.15) is 86.2 Å². The number of nitrogens with one attached hydrogen (secondary N) is 3. The zero-order valence-electron chi connectivity index (χ0n) is 28.5. The number of phenolic OH excluding ortho intramolecular Hbond substituents is 2. The van der Waals surface area contributed by atoms with Crippen LogP contribution in [-0.4, -0.2) is 58.4 Å². The van der Waals surface area contributed by atoms with E-state index in [-0.39, 0.29) is 53.6 Å². The molecule has 3 aromatic carbocycles. The van der Waals surface area contributed by atoms with E-state index in [1.165, 1.54) is 19.2 Å². The van der Waals surface area contributed by atoms with Crippen molar-refractivity contribution in [2.45, 2.75) is 65.2 Å². The summed E-state index contributed by atoms with van der Waals surface area (Å²) >= 11 is -2.08. The Balaban J connectivity index is 0.000000377. The highest BCUT2D eigenvalue weighted by atomic mass is 32.2. The van der Waals surface area contributed by atoms with Crippen LogP contribution in [-0.2, 0) is 41.2 Å². The number of hydrogen-bond acceptors (Lipinski definition) is 10. The Bertz CT molecular complexity index is 1680. The second-order valence-corrected chi connectivity index (χ2v) is 13.7. The molecule has 0 aliphatic carbocycles. The highest BCUT2D eigenvalue weighted by Crippen LogP contribution is 2.38. The maximum absolute atomic E-state index is 12.2. The van der Waals surface area contributed by atoms with E-state index in [0.29, 0.717) is 40.6 Å². The smallest absolute Gasteiger partial charge is 0.318 e. The van der Waals surface area contributed by atoms with Crippen molar-refractivity contribution in [3.05, 3.63) is 76.9 Å². The number of anilines is 2. The van der Waals surface area contributed by atoms with Crippen LogP contribution >= 0.6 is 0 Å². The van der Waals surface area contributed by atoms with Crippen LogP contribution in [0.3, 0.4) is 0 Å². The summed E-state index contributed by atoms with van der Waals surface area (Å²) in [4.78, 5) is 57.7. The molecule has 0 saturated heterocycles. The molecule has 0 fully saturated rings. The van der Waals surface area contributed by atoms with E-state index < -0.39 is 28.5 Å². The van der Waals surface area contributed by atoms with Crippen molar-refractivity contribution in [2.24, 2.45) is 0 Å². The van der Waals surface area contributed by atoms with Crippen LogP contribution in [0.15, 0.2) is 54.6 Å². The Hall–Kier alpha value is -5.08. The maximum atomic E-state index is 12.2. The summed E-state index contributed by atoms with van der Waals surface area (Å²) in [5.74, 6) is -1.40. The monoisotopic (exact) mass is 697 g/mol. The van der Waals surface area contributed by atoms with Crippen molar-refractivity contribution in [1.82, 2.24) is 4.72 Å². The van der Waals surface area contributed by atoms with E-state index in [1.54, 1.807) is 42.5 Å². The SMILES string of the molecule is CC(C)(C)c1cc(C=O)cc(NC(=O)CCC(=O)NS(=O)Oc2ccccc2)c1O.COCC(=O)Nc1cc(C=O)cc(C(C)(C)C)c1O. The zero-order chi connectivity index (χ0) is 36.9. The Morgan fingerprint density at radius 1 is 0.735 bits per heavy atom. The molecule has 13 nitrogen and oxygen atoms in total. The van der Waals surface area contributed by atoms with Crippen LogP contribution in [0, 0.1) is 0 Å². The number of para-hydroxylation sites is 1. The third-order valence-electron chi connectivity index (χ3n) is 6.67. The van der Waals surface area contributed by atoms with E-state index in [4.69, 9.17) is 8.92 Å². The average Bonchev–Trinajstić information content (AvgIpc) is 3.01. The molecule has 49 heavy (non-hydrogen) atoms. The molecule has 0 aliphatic rings. The van der Waals surface area contributed by atoms with E-state index in [1.807, 2.05) is 41.5 Å². The molecule has 264 valence electrons. The molecule has 0 heterocycles. The summed E-state index contributed by atoms with van der Waals surface area (Å²) in [5, 5.41) is 25.7. The van der Waals surface area contributed by atoms with E-state index in [0.717, 1.165) is 0 Å². The Labute approximate surface area is 288 Å². The Morgan fingerprint density at radius 2 is 1.18 bits per heavy atom. The molecule has 0 aromatic heterocycles. The van der Waals surface area contributed by atoms with Crippen molar-refractivity contribution in [3.8, 4) is 17.2 Å². The number of phenols is 2. The van der Waals surface area contributed by atoms with Crippen molar-refractivity contribution in [1.29, 1.82) is 0 Å². The van der Waals surface area contributed by atoms with Crippen molar-refractivity contribution in [2.75, 3.05) is 24.4 Å². The summed E-state index contributed by atoms with van der Waals surface area (Å²) in [6, 6.07) is 14.3. The molecule has 0 saturated carbocycles. The van der Waals surface area contributed by atoms with Crippen molar-refractivity contribution >= 4 is 52.9 Å². The van der Waals surface area contributed by atoms with Crippen LogP contribution in [0.25, 0.3) is 0 Å². The van der Waals surface area contributed by atoms with Gasteiger partial charge in [-0.3, -0.25) is 24.0 Å². The summed E-state index contributed by atoms with van der Waals surface area (Å²) in [7, 11) is 1.40. The van der Waals surface area contributed by atoms with Gasteiger partial charge in [-0.15, -0.1) is 0 Å². The first kappa shape index (κ1) is 40.1. The van der Waals surface area contributed by atoms with E-state index >= 15 is 0 Å². The summed E-state index contributed by atoms with van der Waals surface area (Å²) < 4.78 is 23.7. The largest absolute Gasteiger partial charge is 0.505 e. The predicted octanol–water partition coefficient (Wildman–Crippen LogP) is 5.08. The van der Waals surface area contributed by atoms with Gasteiger partial charge >= 0.3 is 11.3 Å². The zero-order valence-corrected chi connectivity index (χ0v) is 29.4. The average molecular weight is 698 g/mol. The second kappa shape index (κ2) is 17.9. The van der Waals surface area contributed by atoms with Gasteiger partial charge in [0.25, 0.3) is 0 Å². The highest BCUT2D eigenvalue weighted by molar-refractivity contribution is 7.79. The van der Waals surface area contributed by atoms with Crippen molar-refractivity contribution in [3.63, 3.8) is 0 Å².